The van der Waals surface area contributed by atoms with Gasteiger partial charge in [0.15, 0.2) is 9.84 Å². The van der Waals surface area contributed by atoms with Crippen LogP contribution < -0.4 is 0 Å². The van der Waals surface area contributed by atoms with Gasteiger partial charge < -0.3 is 4.57 Å². The molecule has 3 heterocycles. The normalized spacial score (nSPS) is 29.9. The van der Waals surface area contributed by atoms with E-state index in [4.69, 9.17) is 0 Å². The summed E-state index contributed by atoms with van der Waals surface area (Å²) in [4.78, 5) is 4.66. The van der Waals surface area contributed by atoms with Crippen molar-refractivity contribution in [2.45, 2.75) is 63.2 Å². The Morgan fingerprint density at radius 3 is 2.89 bits per heavy atom. The number of hydrogen-bond donors (Lipinski definition) is 0. The number of hydrogen-bond acceptors (Lipinski definition) is 3. The standard InChI is InChI=1S/C14H22N2O2S/c1-11-5-4-7-14-15-12(10-16(11)14)9-13-6-2-3-8-19(13,17)18/h10-11,13H,2-9H2,1H3. The highest BCUT2D eigenvalue weighted by atomic mass is 32.2. The second-order valence-electron chi connectivity index (χ2n) is 5.99. The SMILES string of the molecule is CC1CCCc2nc(CC3CCCCS3(=O)=O)cn21. The molecule has 0 saturated carbocycles. The molecular formula is C14H22N2O2S. The van der Waals surface area contributed by atoms with Gasteiger partial charge in [0.2, 0.25) is 0 Å². The second-order valence-corrected chi connectivity index (χ2v) is 8.39. The zero-order valence-electron chi connectivity index (χ0n) is 11.5. The van der Waals surface area contributed by atoms with Gasteiger partial charge in [0.05, 0.1) is 16.7 Å². The molecule has 0 spiro atoms. The molecule has 0 N–H and O–H groups in total. The molecule has 1 aromatic rings. The molecule has 0 aliphatic carbocycles. The minimum atomic E-state index is -2.89. The lowest BCUT2D eigenvalue weighted by Gasteiger charge is -2.21. The van der Waals surface area contributed by atoms with Crippen molar-refractivity contribution in [3.05, 3.63) is 17.7 Å². The van der Waals surface area contributed by atoms with Crippen LogP contribution >= 0.6 is 0 Å². The van der Waals surface area contributed by atoms with Gasteiger partial charge in [0, 0.05) is 25.1 Å². The van der Waals surface area contributed by atoms with E-state index in [-0.39, 0.29) is 5.25 Å². The van der Waals surface area contributed by atoms with E-state index in [1.807, 2.05) is 0 Å². The van der Waals surface area contributed by atoms with Gasteiger partial charge in [-0.1, -0.05) is 6.42 Å². The molecule has 0 bridgehead atoms. The van der Waals surface area contributed by atoms with E-state index < -0.39 is 9.84 Å². The lowest BCUT2D eigenvalue weighted by Crippen LogP contribution is -2.30. The maximum absolute atomic E-state index is 12.1. The Kier molecular flexibility index (Phi) is 3.41. The highest BCUT2D eigenvalue weighted by molar-refractivity contribution is 7.92. The molecule has 1 fully saturated rings. The topological polar surface area (TPSA) is 52.0 Å². The summed E-state index contributed by atoms with van der Waals surface area (Å²) in [6, 6.07) is 0.507. The number of fused-ring (bicyclic) bond motifs is 1. The summed E-state index contributed by atoms with van der Waals surface area (Å²) in [6.07, 6.45) is 8.79. The third-order valence-corrected chi connectivity index (χ3v) is 6.78. The molecule has 2 aliphatic rings. The minimum Gasteiger partial charge on any atom is -0.332 e. The van der Waals surface area contributed by atoms with Gasteiger partial charge in [0.25, 0.3) is 0 Å². The summed E-state index contributed by atoms with van der Waals surface area (Å²) in [5, 5.41) is -0.200. The number of nitrogens with zero attached hydrogens (tertiary/aromatic N) is 2. The van der Waals surface area contributed by atoms with E-state index in [1.54, 1.807) is 0 Å². The summed E-state index contributed by atoms with van der Waals surface area (Å²) >= 11 is 0. The van der Waals surface area contributed by atoms with Gasteiger partial charge >= 0.3 is 0 Å². The summed E-state index contributed by atoms with van der Waals surface area (Å²) in [6.45, 7) is 2.21. The zero-order chi connectivity index (χ0) is 13.5. The van der Waals surface area contributed by atoms with Crippen LogP contribution in [0.2, 0.25) is 0 Å². The van der Waals surface area contributed by atoms with Crippen LogP contribution in [0.4, 0.5) is 0 Å². The summed E-state index contributed by atoms with van der Waals surface area (Å²) in [5.74, 6) is 1.50. The Balaban J connectivity index is 1.80. The number of aryl methyl sites for hydroxylation is 1. The summed E-state index contributed by atoms with van der Waals surface area (Å²) in [5.41, 5.74) is 0.972. The maximum Gasteiger partial charge on any atom is 0.153 e. The van der Waals surface area contributed by atoms with Gasteiger partial charge in [-0.2, -0.15) is 0 Å². The lowest BCUT2D eigenvalue weighted by atomic mass is 10.1. The molecule has 4 nitrogen and oxygen atoms in total. The highest BCUT2D eigenvalue weighted by Gasteiger charge is 2.30. The molecule has 5 heteroatoms. The van der Waals surface area contributed by atoms with Crippen molar-refractivity contribution >= 4 is 9.84 Å². The maximum atomic E-state index is 12.1. The number of imidazole rings is 1. The molecule has 1 saturated heterocycles. The van der Waals surface area contributed by atoms with Crippen molar-refractivity contribution in [2.24, 2.45) is 0 Å². The zero-order valence-corrected chi connectivity index (χ0v) is 12.3. The number of aromatic nitrogens is 2. The van der Waals surface area contributed by atoms with Crippen LogP contribution in [-0.4, -0.2) is 29.0 Å². The number of rotatable bonds is 2. The smallest absolute Gasteiger partial charge is 0.153 e. The van der Waals surface area contributed by atoms with Crippen LogP contribution in [0.1, 0.15) is 56.6 Å². The van der Waals surface area contributed by atoms with Crippen LogP contribution in [0.15, 0.2) is 6.20 Å². The van der Waals surface area contributed by atoms with Crippen molar-refractivity contribution in [3.8, 4) is 0 Å². The first-order chi connectivity index (χ1) is 9.06. The molecule has 2 atom stereocenters. The van der Waals surface area contributed by atoms with E-state index in [0.29, 0.717) is 18.2 Å². The third-order valence-electron chi connectivity index (χ3n) is 4.51. The quantitative estimate of drug-likeness (QED) is 0.836. The van der Waals surface area contributed by atoms with Gasteiger partial charge in [0.1, 0.15) is 5.82 Å². The molecule has 0 radical (unpaired) electrons. The molecule has 0 amide bonds. The minimum absolute atomic E-state index is 0.200. The highest BCUT2D eigenvalue weighted by Crippen LogP contribution is 2.27. The van der Waals surface area contributed by atoms with Gasteiger partial charge in [-0.15, -0.1) is 0 Å². The van der Waals surface area contributed by atoms with Gasteiger partial charge in [-0.3, -0.25) is 0 Å². The molecule has 106 valence electrons. The van der Waals surface area contributed by atoms with Crippen LogP contribution in [0, 0.1) is 0 Å². The Hall–Kier alpha value is -0.840. The summed E-state index contributed by atoms with van der Waals surface area (Å²) in [7, 11) is -2.89. The van der Waals surface area contributed by atoms with Crippen LogP contribution in [-0.2, 0) is 22.7 Å². The van der Waals surface area contributed by atoms with Crippen molar-refractivity contribution in [2.75, 3.05) is 5.75 Å². The first-order valence-electron chi connectivity index (χ1n) is 7.34. The molecule has 3 rings (SSSR count). The van der Waals surface area contributed by atoms with Crippen molar-refractivity contribution in [1.29, 1.82) is 0 Å². The molecule has 1 aromatic heterocycles. The van der Waals surface area contributed by atoms with Crippen molar-refractivity contribution in [1.82, 2.24) is 9.55 Å². The van der Waals surface area contributed by atoms with E-state index in [0.717, 1.165) is 37.2 Å². The molecule has 2 unspecified atom stereocenters. The monoisotopic (exact) mass is 282 g/mol. The average molecular weight is 282 g/mol. The Morgan fingerprint density at radius 2 is 2.16 bits per heavy atom. The fourth-order valence-electron chi connectivity index (χ4n) is 3.33. The molecule has 0 aromatic carbocycles. The van der Waals surface area contributed by atoms with Crippen molar-refractivity contribution in [3.63, 3.8) is 0 Å². The van der Waals surface area contributed by atoms with E-state index >= 15 is 0 Å². The fraction of sp³-hybridized carbons (Fsp3) is 0.786. The second kappa shape index (κ2) is 4.93. The van der Waals surface area contributed by atoms with E-state index in [9.17, 15) is 8.42 Å². The first-order valence-corrected chi connectivity index (χ1v) is 9.06. The summed E-state index contributed by atoms with van der Waals surface area (Å²) < 4.78 is 26.4. The first kappa shape index (κ1) is 13.2. The fourth-order valence-corrected chi connectivity index (χ4v) is 5.22. The lowest BCUT2D eigenvalue weighted by molar-refractivity contribution is 0.425. The Bertz CT molecular complexity index is 562. The van der Waals surface area contributed by atoms with Crippen LogP contribution in [0.25, 0.3) is 0 Å². The van der Waals surface area contributed by atoms with Gasteiger partial charge in [-0.25, -0.2) is 13.4 Å². The largest absolute Gasteiger partial charge is 0.332 e. The molecular weight excluding hydrogens is 260 g/mol. The predicted molar refractivity (Wildman–Crippen MR) is 75.0 cm³/mol. The number of sulfone groups is 1. The Morgan fingerprint density at radius 1 is 1.32 bits per heavy atom. The Labute approximate surface area is 115 Å². The van der Waals surface area contributed by atoms with E-state index in [1.165, 1.54) is 12.8 Å². The molecule has 19 heavy (non-hydrogen) atoms. The van der Waals surface area contributed by atoms with E-state index in [2.05, 4.69) is 22.7 Å². The molecule has 2 aliphatic heterocycles. The van der Waals surface area contributed by atoms with Crippen LogP contribution in [0.3, 0.4) is 0 Å². The third kappa shape index (κ3) is 2.57. The van der Waals surface area contributed by atoms with Crippen LogP contribution in [0.5, 0.6) is 0 Å². The predicted octanol–water partition coefficient (Wildman–Crippen LogP) is 2.29. The average Bonchev–Trinajstić information content (AvgIpc) is 2.76. The van der Waals surface area contributed by atoms with Gasteiger partial charge in [-0.05, 0) is 32.6 Å². The van der Waals surface area contributed by atoms with Crippen molar-refractivity contribution < 1.29 is 8.42 Å².